The Bertz CT molecular complexity index is 227. The number of hydrogen-bond acceptors (Lipinski definition) is 3. The summed E-state index contributed by atoms with van der Waals surface area (Å²) in [7, 11) is 1.41. The zero-order chi connectivity index (χ0) is 12.0. The first-order chi connectivity index (χ1) is 6.88. The molecule has 0 radical (unpaired) electrons. The lowest BCUT2D eigenvalue weighted by molar-refractivity contribution is -0.144. The quantitative estimate of drug-likeness (QED) is 0.684. The molecule has 5 nitrogen and oxygen atoms in total. The van der Waals surface area contributed by atoms with Gasteiger partial charge in [-0.15, -0.1) is 0 Å². The molecule has 0 saturated heterocycles. The van der Waals surface area contributed by atoms with Gasteiger partial charge in [0.1, 0.15) is 12.1 Å². The maximum absolute atomic E-state index is 11.4. The molecule has 15 heavy (non-hydrogen) atoms. The molecular formula is C10H19NO4. The van der Waals surface area contributed by atoms with E-state index in [-0.39, 0.29) is 5.92 Å². The number of carboxylic acids is 1. The van der Waals surface area contributed by atoms with Crippen molar-refractivity contribution in [3.05, 3.63) is 0 Å². The van der Waals surface area contributed by atoms with E-state index in [1.165, 1.54) is 7.11 Å². The molecule has 88 valence electrons. The van der Waals surface area contributed by atoms with Gasteiger partial charge in [-0.1, -0.05) is 13.8 Å². The van der Waals surface area contributed by atoms with Gasteiger partial charge in [-0.2, -0.15) is 0 Å². The molecule has 0 bridgehead atoms. The predicted octanol–water partition coefficient (Wildman–Crippen LogP) is 0.637. The Morgan fingerprint density at radius 1 is 1.33 bits per heavy atom. The van der Waals surface area contributed by atoms with E-state index in [0.717, 1.165) is 0 Å². The lowest BCUT2D eigenvalue weighted by atomic mass is 10.0. The molecule has 0 spiro atoms. The Balaban J connectivity index is 4.29. The summed E-state index contributed by atoms with van der Waals surface area (Å²) in [6.07, 6.45) is -0.212. The first-order valence-corrected chi connectivity index (χ1v) is 4.94. The van der Waals surface area contributed by atoms with Crippen molar-refractivity contribution >= 4 is 11.9 Å². The summed E-state index contributed by atoms with van der Waals surface area (Å²) < 4.78 is 4.79. The maximum Gasteiger partial charge on any atom is 0.326 e. The van der Waals surface area contributed by atoms with Crippen LogP contribution in [0.25, 0.3) is 0 Å². The molecule has 0 aromatic carbocycles. The highest BCUT2D eigenvalue weighted by Crippen LogP contribution is 2.05. The van der Waals surface area contributed by atoms with E-state index in [0.29, 0.717) is 6.42 Å². The molecule has 0 saturated carbocycles. The van der Waals surface area contributed by atoms with Crippen LogP contribution in [-0.2, 0) is 14.3 Å². The van der Waals surface area contributed by atoms with E-state index in [1.807, 2.05) is 13.8 Å². The Kier molecular flexibility index (Phi) is 5.93. The number of carboxylic acid groups (broad SMARTS) is 1. The average Bonchev–Trinajstić information content (AvgIpc) is 2.14. The lowest BCUT2D eigenvalue weighted by Crippen LogP contribution is -2.45. The lowest BCUT2D eigenvalue weighted by Gasteiger charge is -2.18. The number of hydrogen-bond donors (Lipinski definition) is 2. The molecule has 0 heterocycles. The molecule has 0 rings (SSSR count). The van der Waals surface area contributed by atoms with E-state index >= 15 is 0 Å². The third-order valence-electron chi connectivity index (χ3n) is 2.04. The number of carbonyl (C=O) groups is 2. The molecule has 0 aromatic rings. The van der Waals surface area contributed by atoms with Crippen molar-refractivity contribution in [3.8, 4) is 0 Å². The summed E-state index contributed by atoms with van der Waals surface area (Å²) in [5.74, 6) is -1.20. The Morgan fingerprint density at radius 2 is 1.87 bits per heavy atom. The monoisotopic (exact) mass is 217 g/mol. The van der Waals surface area contributed by atoms with Crippen molar-refractivity contribution < 1.29 is 19.4 Å². The number of aliphatic carboxylic acids is 1. The molecule has 0 aliphatic heterocycles. The molecule has 1 amide bonds. The van der Waals surface area contributed by atoms with Crippen LogP contribution >= 0.6 is 0 Å². The molecule has 0 aliphatic rings. The van der Waals surface area contributed by atoms with Gasteiger partial charge < -0.3 is 15.2 Å². The number of carbonyl (C=O) groups excluding carboxylic acids is 1. The number of methoxy groups -OCH3 is 1. The van der Waals surface area contributed by atoms with Gasteiger partial charge in [0.25, 0.3) is 0 Å². The third-order valence-corrected chi connectivity index (χ3v) is 2.04. The van der Waals surface area contributed by atoms with Crippen molar-refractivity contribution in [1.29, 1.82) is 0 Å². The van der Waals surface area contributed by atoms with Crippen molar-refractivity contribution in [1.82, 2.24) is 5.32 Å². The zero-order valence-corrected chi connectivity index (χ0v) is 9.61. The normalized spacial score (nSPS) is 14.7. The van der Waals surface area contributed by atoms with Gasteiger partial charge >= 0.3 is 5.97 Å². The SMILES string of the molecule is COC(C)C(=O)N[C@@H](CC(C)C)C(=O)O. The van der Waals surface area contributed by atoms with E-state index in [2.05, 4.69) is 5.32 Å². The van der Waals surface area contributed by atoms with Crippen LogP contribution in [0.5, 0.6) is 0 Å². The van der Waals surface area contributed by atoms with Crippen LogP contribution in [0.4, 0.5) is 0 Å². The highest BCUT2D eigenvalue weighted by molar-refractivity contribution is 5.86. The molecular weight excluding hydrogens is 198 g/mol. The number of ether oxygens (including phenoxy) is 1. The predicted molar refractivity (Wildman–Crippen MR) is 55.5 cm³/mol. The van der Waals surface area contributed by atoms with Gasteiger partial charge in [-0.05, 0) is 19.3 Å². The van der Waals surface area contributed by atoms with Crippen molar-refractivity contribution in [2.75, 3.05) is 7.11 Å². The fourth-order valence-corrected chi connectivity index (χ4v) is 1.09. The van der Waals surface area contributed by atoms with Gasteiger partial charge in [0.2, 0.25) is 5.91 Å². The van der Waals surface area contributed by atoms with Gasteiger partial charge in [-0.25, -0.2) is 4.79 Å². The summed E-state index contributed by atoms with van der Waals surface area (Å²) >= 11 is 0. The minimum Gasteiger partial charge on any atom is -0.480 e. The van der Waals surface area contributed by atoms with Crippen molar-refractivity contribution in [2.24, 2.45) is 5.92 Å². The second kappa shape index (κ2) is 6.40. The van der Waals surface area contributed by atoms with Crippen molar-refractivity contribution in [3.63, 3.8) is 0 Å². The van der Waals surface area contributed by atoms with E-state index in [9.17, 15) is 9.59 Å². The van der Waals surface area contributed by atoms with Gasteiger partial charge in [0.15, 0.2) is 0 Å². The van der Waals surface area contributed by atoms with Crippen molar-refractivity contribution in [2.45, 2.75) is 39.3 Å². The number of nitrogens with one attached hydrogen (secondary N) is 1. The van der Waals surface area contributed by atoms with Gasteiger partial charge in [0.05, 0.1) is 0 Å². The summed E-state index contributed by atoms with van der Waals surface area (Å²) in [6, 6.07) is -0.838. The second-order valence-corrected chi connectivity index (χ2v) is 3.91. The van der Waals surface area contributed by atoms with Crippen LogP contribution < -0.4 is 5.32 Å². The van der Waals surface area contributed by atoms with Crippen LogP contribution in [0.1, 0.15) is 27.2 Å². The highest BCUT2D eigenvalue weighted by atomic mass is 16.5. The van der Waals surface area contributed by atoms with Gasteiger partial charge in [-0.3, -0.25) is 4.79 Å². The van der Waals surface area contributed by atoms with Crippen LogP contribution in [0.15, 0.2) is 0 Å². The molecule has 2 atom stereocenters. The van der Waals surface area contributed by atoms with E-state index < -0.39 is 24.0 Å². The Hall–Kier alpha value is -1.10. The number of amides is 1. The fraction of sp³-hybridized carbons (Fsp3) is 0.800. The summed E-state index contributed by atoms with van der Waals surface area (Å²) in [5.41, 5.74) is 0. The Labute approximate surface area is 89.8 Å². The number of rotatable bonds is 6. The zero-order valence-electron chi connectivity index (χ0n) is 9.61. The van der Waals surface area contributed by atoms with Crippen LogP contribution in [0.3, 0.4) is 0 Å². The van der Waals surface area contributed by atoms with Gasteiger partial charge in [0, 0.05) is 7.11 Å². The first-order valence-electron chi connectivity index (χ1n) is 4.94. The van der Waals surface area contributed by atoms with E-state index in [1.54, 1.807) is 6.92 Å². The van der Waals surface area contributed by atoms with Crippen LogP contribution in [-0.4, -0.2) is 36.2 Å². The summed E-state index contributed by atoms with van der Waals surface area (Å²) in [5, 5.41) is 11.3. The largest absolute Gasteiger partial charge is 0.480 e. The summed E-state index contributed by atoms with van der Waals surface area (Å²) in [4.78, 5) is 22.2. The summed E-state index contributed by atoms with van der Waals surface area (Å²) in [6.45, 7) is 5.38. The molecule has 0 aromatic heterocycles. The standard InChI is InChI=1S/C10H19NO4/c1-6(2)5-8(10(13)14)11-9(12)7(3)15-4/h6-8H,5H2,1-4H3,(H,11,12)(H,13,14)/t7?,8-/m0/s1. The molecule has 0 aliphatic carbocycles. The minimum atomic E-state index is -1.01. The fourth-order valence-electron chi connectivity index (χ4n) is 1.09. The molecule has 5 heteroatoms. The first kappa shape index (κ1) is 13.9. The Morgan fingerprint density at radius 3 is 2.20 bits per heavy atom. The molecule has 2 N–H and O–H groups in total. The third kappa shape index (κ3) is 5.37. The maximum atomic E-state index is 11.4. The van der Waals surface area contributed by atoms with E-state index in [4.69, 9.17) is 9.84 Å². The smallest absolute Gasteiger partial charge is 0.326 e. The molecule has 0 fully saturated rings. The second-order valence-electron chi connectivity index (χ2n) is 3.91. The minimum absolute atomic E-state index is 0.212. The van der Waals surface area contributed by atoms with Crippen LogP contribution in [0.2, 0.25) is 0 Å². The molecule has 1 unspecified atom stereocenters. The average molecular weight is 217 g/mol. The topological polar surface area (TPSA) is 75.6 Å². The van der Waals surface area contributed by atoms with Crippen LogP contribution in [0, 0.1) is 5.92 Å². The highest BCUT2D eigenvalue weighted by Gasteiger charge is 2.23.